The Hall–Kier alpha value is -3.05. The third-order valence-corrected chi connectivity index (χ3v) is 8.95. The second-order valence-electron chi connectivity index (χ2n) is 13.1. The molecule has 11 heteroatoms. The minimum absolute atomic E-state index is 0.156. The van der Waals surface area contributed by atoms with Gasteiger partial charge in [0.2, 0.25) is 11.8 Å². The molecule has 1 aliphatic carbocycles. The maximum absolute atomic E-state index is 13.8. The third kappa shape index (κ3) is 12.9. The Morgan fingerprint density at radius 3 is 2.27 bits per heavy atom. The molecule has 1 aromatic heterocycles. The highest BCUT2D eigenvalue weighted by Crippen LogP contribution is 2.29. The number of imidazole rings is 1. The summed E-state index contributed by atoms with van der Waals surface area (Å²) in [6.07, 6.45) is 8.68. The lowest BCUT2D eigenvalue weighted by atomic mass is 9.99. The molecule has 5 N–H and O–H groups in total. The van der Waals surface area contributed by atoms with Crippen LogP contribution in [0.25, 0.3) is 0 Å². The van der Waals surface area contributed by atoms with Crippen LogP contribution < -0.4 is 16.0 Å². The van der Waals surface area contributed by atoms with Crippen molar-refractivity contribution in [3.63, 3.8) is 0 Å². The maximum atomic E-state index is 13.8. The largest absolute Gasteiger partial charge is 0.444 e. The Balaban J connectivity index is 1.76. The van der Waals surface area contributed by atoms with Gasteiger partial charge in [-0.05, 0) is 51.5 Å². The molecule has 10 nitrogen and oxygen atoms in total. The van der Waals surface area contributed by atoms with Crippen LogP contribution in [-0.4, -0.2) is 73.8 Å². The molecule has 0 spiro atoms. The van der Waals surface area contributed by atoms with Crippen molar-refractivity contribution in [1.82, 2.24) is 25.9 Å². The van der Waals surface area contributed by atoms with E-state index >= 15 is 0 Å². The average Bonchev–Trinajstić information content (AvgIpc) is 3.48. The van der Waals surface area contributed by atoms with Crippen molar-refractivity contribution in [3.8, 4) is 0 Å². The number of H-pyrrole nitrogens is 1. The molecule has 2 aromatic rings. The van der Waals surface area contributed by atoms with E-state index in [-0.39, 0.29) is 18.8 Å². The topological polar surface area (TPSA) is 145 Å². The van der Waals surface area contributed by atoms with Crippen molar-refractivity contribution >= 4 is 29.7 Å². The van der Waals surface area contributed by atoms with Gasteiger partial charge in [-0.1, -0.05) is 63.4 Å². The zero-order valence-corrected chi connectivity index (χ0v) is 27.6. The van der Waals surface area contributed by atoms with Crippen molar-refractivity contribution in [2.24, 2.45) is 5.92 Å². The summed E-state index contributed by atoms with van der Waals surface area (Å²) in [6, 6.07) is 6.89. The number of alkyl carbamates (subject to hydrolysis) is 1. The summed E-state index contributed by atoms with van der Waals surface area (Å²) in [7, 11) is 0. The second kappa shape index (κ2) is 17.4. The molecule has 0 radical (unpaired) electrons. The molecule has 3 rings (SSSR count). The van der Waals surface area contributed by atoms with Crippen LogP contribution in [0.5, 0.6) is 0 Å². The fourth-order valence-corrected chi connectivity index (χ4v) is 6.66. The standard InChI is InChI=1S/C33H51N5O5S/c1-22(2)16-26(29(39)20-44-25-14-10-7-11-15-25)36-31(41)28(18-24-19-34-21-35-24)37-30(40)27(17-23-12-8-6-9-13-23)38-32(42)43-33(3,4)5/h6,8-9,12-13,19,21-22,25-29,39H,7,10-11,14-18,20H2,1-5H3,(H,34,35)(H,36,41)(H,37,40)(H,38,42)/t26-,27-,28-,29-/m0/s1. The Labute approximate surface area is 266 Å². The molecule has 0 aliphatic heterocycles. The van der Waals surface area contributed by atoms with Crippen LogP contribution >= 0.6 is 11.8 Å². The van der Waals surface area contributed by atoms with Crippen LogP contribution in [0.1, 0.15) is 84.4 Å². The van der Waals surface area contributed by atoms with E-state index < -0.39 is 47.7 Å². The summed E-state index contributed by atoms with van der Waals surface area (Å²) in [6.45, 7) is 9.36. The van der Waals surface area contributed by atoms with Crippen LogP contribution in [0, 0.1) is 5.92 Å². The Kier molecular flexibility index (Phi) is 14.0. The van der Waals surface area contributed by atoms with Gasteiger partial charge in [-0.25, -0.2) is 9.78 Å². The highest BCUT2D eigenvalue weighted by molar-refractivity contribution is 7.99. The average molecular weight is 630 g/mol. The number of aromatic amines is 1. The van der Waals surface area contributed by atoms with Gasteiger partial charge in [-0.2, -0.15) is 11.8 Å². The van der Waals surface area contributed by atoms with Crippen molar-refractivity contribution < 1.29 is 24.2 Å². The lowest BCUT2D eigenvalue weighted by Gasteiger charge is -2.30. The minimum Gasteiger partial charge on any atom is -0.444 e. The van der Waals surface area contributed by atoms with Gasteiger partial charge >= 0.3 is 6.09 Å². The van der Waals surface area contributed by atoms with E-state index in [9.17, 15) is 19.5 Å². The van der Waals surface area contributed by atoms with Crippen LogP contribution in [-0.2, 0) is 27.2 Å². The van der Waals surface area contributed by atoms with E-state index in [1.165, 1.54) is 38.4 Å². The number of carbonyl (C=O) groups excluding carboxylic acids is 3. The molecule has 4 atom stereocenters. The van der Waals surface area contributed by atoms with Gasteiger partial charge in [0.05, 0.1) is 18.5 Å². The molecule has 1 aliphatic rings. The van der Waals surface area contributed by atoms with Gasteiger partial charge in [0.1, 0.15) is 17.7 Å². The van der Waals surface area contributed by atoms with Crippen molar-refractivity contribution in [2.75, 3.05) is 5.75 Å². The van der Waals surface area contributed by atoms with Crippen LogP contribution in [0.2, 0.25) is 0 Å². The zero-order valence-electron chi connectivity index (χ0n) is 26.8. The Bertz CT molecular complexity index is 1150. The fourth-order valence-electron chi connectivity index (χ4n) is 5.29. The van der Waals surface area contributed by atoms with E-state index in [2.05, 4.69) is 39.8 Å². The molecular weight excluding hydrogens is 578 g/mol. The minimum atomic E-state index is -0.992. The number of ether oxygens (including phenoxy) is 1. The predicted molar refractivity (Wildman–Crippen MR) is 174 cm³/mol. The molecule has 44 heavy (non-hydrogen) atoms. The smallest absolute Gasteiger partial charge is 0.408 e. The molecule has 0 bridgehead atoms. The molecule has 3 amide bonds. The summed E-state index contributed by atoms with van der Waals surface area (Å²) in [5, 5.41) is 20.4. The molecule has 1 heterocycles. The molecule has 1 fully saturated rings. The molecular formula is C33H51N5O5S. The van der Waals surface area contributed by atoms with Crippen LogP contribution in [0.15, 0.2) is 42.9 Å². The lowest BCUT2D eigenvalue weighted by Crippen LogP contribution is -2.57. The first kappa shape index (κ1) is 35.4. The first-order chi connectivity index (χ1) is 20.9. The van der Waals surface area contributed by atoms with Crippen molar-refractivity contribution in [1.29, 1.82) is 0 Å². The van der Waals surface area contributed by atoms with Gasteiger partial charge in [-0.15, -0.1) is 0 Å². The summed E-state index contributed by atoms with van der Waals surface area (Å²) in [4.78, 5) is 47.3. The van der Waals surface area contributed by atoms with E-state index in [4.69, 9.17) is 4.74 Å². The van der Waals surface area contributed by atoms with E-state index in [1.807, 2.05) is 30.3 Å². The number of hydrogen-bond donors (Lipinski definition) is 5. The normalized spacial score (nSPS) is 16.9. The van der Waals surface area contributed by atoms with Crippen molar-refractivity contribution in [2.45, 2.75) is 121 Å². The molecule has 1 saturated carbocycles. The Morgan fingerprint density at radius 2 is 1.66 bits per heavy atom. The van der Waals surface area contributed by atoms with Gasteiger partial charge in [0.15, 0.2) is 0 Å². The predicted octanol–water partition coefficient (Wildman–Crippen LogP) is 4.53. The van der Waals surface area contributed by atoms with Gasteiger partial charge < -0.3 is 30.8 Å². The summed E-state index contributed by atoms with van der Waals surface area (Å²) in [5.74, 6) is -0.147. The highest BCUT2D eigenvalue weighted by atomic mass is 32.2. The first-order valence-electron chi connectivity index (χ1n) is 15.8. The van der Waals surface area contributed by atoms with Crippen LogP contribution in [0.4, 0.5) is 4.79 Å². The maximum Gasteiger partial charge on any atom is 0.408 e. The first-order valence-corrected chi connectivity index (χ1v) is 16.9. The number of rotatable bonds is 15. The summed E-state index contributed by atoms with van der Waals surface area (Å²) < 4.78 is 5.42. The SMILES string of the molecule is CC(C)C[C@H](NC(=O)[C@H](Cc1cnc[nH]1)NC(=O)[C@H](Cc1ccccc1)NC(=O)OC(C)(C)C)[C@@H](O)CSC1CCCCC1. The monoisotopic (exact) mass is 629 g/mol. The number of aromatic nitrogens is 2. The molecule has 244 valence electrons. The third-order valence-electron chi connectivity index (χ3n) is 7.47. The van der Waals surface area contributed by atoms with Crippen LogP contribution in [0.3, 0.4) is 0 Å². The molecule has 0 unspecified atom stereocenters. The lowest BCUT2D eigenvalue weighted by molar-refractivity contribution is -0.130. The number of aliphatic hydroxyl groups excluding tert-OH is 1. The summed E-state index contributed by atoms with van der Waals surface area (Å²) in [5.41, 5.74) is 0.760. The van der Waals surface area contributed by atoms with E-state index in [1.54, 1.807) is 38.7 Å². The number of benzene rings is 1. The Morgan fingerprint density at radius 1 is 1.00 bits per heavy atom. The number of amides is 3. The van der Waals surface area contributed by atoms with Gasteiger partial charge in [0, 0.05) is 35.7 Å². The summed E-state index contributed by atoms with van der Waals surface area (Å²) >= 11 is 1.79. The number of hydrogen-bond acceptors (Lipinski definition) is 7. The second-order valence-corrected chi connectivity index (χ2v) is 14.5. The zero-order chi connectivity index (χ0) is 32.1. The van der Waals surface area contributed by atoms with Gasteiger partial charge in [0.25, 0.3) is 0 Å². The molecule has 0 saturated heterocycles. The van der Waals surface area contributed by atoms with Gasteiger partial charge in [-0.3, -0.25) is 9.59 Å². The number of nitrogens with one attached hydrogen (secondary N) is 4. The van der Waals surface area contributed by atoms with E-state index in [0.29, 0.717) is 23.1 Å². The number of nitrogens with zero attached hydrogens (tertiary/aromatic N) is 1. The number of thioether (sulfide) groups is 1. The molecule has 1 aromatic carbocycles. The fraction of sp³-hybridized carbons (Fsp3) is 0.636. The van der Waals surface area contributed by atoms with E-state index in [0.717, 1.165) is 5.56 Å². The number of carbonyl (C=O) groups is 3. The number of aliphatic hydroxyl groups is 1. The quantitative estimate of drug-likeness (QED) is 0.195. The highest BCUT2D eigenvalue weighted by Gasteiger charge is 2.32. The van der Waals surface area contributed by atoms with Crippen molar-refractivity contribution in [3.05, 3.63) is 54.1 Å².